The van der Waals surface area contributed by atoms with Crippen LogP contribution in [0.3, 0.4) is 0 Å². The van der Waals surface area contributed by atoms with Gasteiger partial charge in [-0.05, 0) is 25.7 Å². The van der Waals surface area contributed by atoms with Crippen LogP contribution < -0.4 is 5.32 Å². The molecule has 0 unspecified atom stereocenters. The van der Waals surface area contributed by atoms with Gasteiger partial charge < -0.3 is 19.7 Å². The molecule has 6 heteroatoms. The van der Waals surface area contributed by atoms with Crippen molar-refractivity contribution >= 4 is 0 Å². The van der Waals surface area contributed by atoms with Gasteiger partial charge in [-0.1, -0.05) is 12.1 Å². The Labute approximate surface area is 131 Å². The van der Waals surface area contributed by atoms with E-state index in [-0.39, 0.29) is 0 Å². The van der Waals surface area contributed by atoms with Crippen molar-refractivity contribution in [1.82, 2.24) is 15.5 Å². The van der Waals surface area contributed by atoms with Crippen molar-refractivity contribution in [2.45, 2.75) is 69.4 Å². The fourth-order valence-electron chi connectivity index (χ4n) is 3.38. The van der Waals surface area contributed by atoms with Crippen molar-refractivity contribution in [1.29, 1.82) is 0 Å². The number of ether oxygens (including phenoxy) is 1. The van der Waals surface area contributed by atoms with Crippen LogP contribution in [-0.2, 0) is 11.2 Å². The summed E-state index contributed by atoms with van der Waals surface area (Å²) in [5.74, 6) is 2.01. The summed E-state index contributed by atoms with van der Waals surface area (Å²) < 4.78 is 10.7. The maximum Gasteiger partial charge on any atom is 0.229 e. The zero-order valence-corrected chi connectivity index (χ0v) is 13.4. The van der Waals surface area contributed by atoms with E-state index < -0.39 is 5.60 Å². The first-order valence-electron chi connectivity index (χ1n) is 8.54. The van der Waals surface area contributed by atoms with Gasteiger partial charge in [-0.25, -0.2) is 0 Å². The molecule has 1 saturated heterocycles. The predicted molar refractivity (Wildman–Crippen MR) is 81.7 cm³/mol. The molecule has 124 valence electrons. The van der Waals surface area contributed by atoms with Crippen LogP contribution in [0.25, 0.3) is 0 Å². The number of hydrogen-bond acceptors (Lipinski definition) is 6. The minimum Gasteiger partial charge on any atom is -0.388 e. The molecule has 0 spiro atoms. The Morgan fingerprint density at radius 3 is 2.59 bits per heavy atom. The first-order valence-corrected chi connectivity index (χ1v) is 8.54. The van der Waals surface area contributed by atoms with Gasteiger partial charge in [0.1, 0.15) is 0 Å². The van der Waals surface area contributed by atoms with Gasteiger partial charge in [0.05, 0.1) is 5.60 Å². The van der Waals surface area contributed by atoms with Crippen LogP contribution in [0.2, 0.25) is 0 Å². The molecule has 2 fully saturated rings. The fourth-order valence-corrected chi connectivity index (χ4v) is 3.38. The van der Waals surface area contributed by atoms with Gasteiger partial charge in [0.25, 0.3) is 0 Å². The largest absolute Gasteiger partial charge is 0.388 e. The van der Waals surface area contributed by atoms with Crippen molar-refractivity contribution < 1.29 is 14.4 Å². The second kappa shape index (κ2) is 7.06. The number of hydrogen-bond donors (Lipinski definition) is 2. The molecule has 2 N–H and O–H groups in total. The molecule has 1 saturated carbocycles. The number of nitrogens with zero attached hydrogens (tertiary/aromatic N) is 2. The third-order valence-corrected chi connectivity index (χ3v) is 5.02. The molecule has 22 heavy (non-hydrogen) atoms. The van der Waals surface area contributed by atoms with E-state index in [1.807, 2.05) is 6.92 Å². The van der Waals surface area contributed by atoms with E-state index in [2.05, 4.69) is 15.5 Å². The van der Waals surface area contributed by atoms with Gasteiger partial charge in [-0.3, -0.25) is 0 Å². The molecule has 1 aromatic heterocycles. The maximum atomic E-state index is 10.5. The molecule has 3 rings (SSSR count). The van der Waals surface area contributed by atoms with Gasteiger partial charge in [-0.15, -0.1) is 0 Å². The normalized spacial score (nSPS) is 28.6. The lowest BCUT2D eigenvalue weighted by Crippen LogP contribution is -2.48. The van der Waals surface area contributed by atoms with Gasteiger partial charge in [0, 0.05) is 51.0 Å². The summed E-state index contributed by atoms with van der Waals surface area (Å²) in [5.41, 5.74) is -0.586. The molecule has 0 atom stereocenters. The molecule has 2 heterocycles. The molecule has 0 radical (unpaired) electrons. The summed E-state index contributed by atoms with van der Waals surface area (Å²) in [7, 11) is 0. The first-order chi connectivity index (χ1) is 10.7. The van der Waals surface area contributed by atoms with E-state index in [4.69, 9.17) is 9.26 Å². The summed E-state index contributed by atoms with van der Waals surface area (Å²) in [6.45, 7) is 4.05. The zero-order chi connectivity index (χ0) is 15.4. The predicted octanol–water partition coefficient (Wildman–Crippen LogP) is 1.79. The van der Waals surface area contributed by atoms with E-state index in [1.54, 1.807) is 0 Å². The molecular formula is C16H27N3O3. The second-order valence-electron chi connectivity index (χ2n) is 6.67. The van der Waals surface area contributed by atoms with Crippen LogP contribution in [0.5, 0.6) is 0 Å². The van der Waals surface area contributed by atoms with Crippen LogP contribution in [0, 0.1) is 0 Å². The van der Waals surface area contributed by atoms with Crippen molar-refractivity contribution in [3.8, 4) is 0 Å². The average Bonchev–Trinajstić information content (AvgIpc) is 3.03. The number of aryl methyl sites for hydroxylation is 1. The number of aromatic nitrogens is 2. The minimum atomic E-state index is -0.586. The fraction of sp³-hybridized carbons (Fsp3) is 0.875. The third kappa shape index (κ3) is 3.86. The van der Waals surface area contributed by atoms with Gasteiger partial charge in [-0.2, -0.15) is 4.98 Å². The molecule has 2 aliphatic rings. The minimum absolute atomic E-state index is 0.400. The van der Waals surface area contributed by atoms with Crippen LogP contribution in [-0.4, -0.2) is 46.6 Å². The van der Waals surface area contributed by atoms with E-state index >= 15 is 0 Å². The lowest BCUT2D eigenvalue weighted by atomic mass is 9.85. The first kappa shape index (κ1) is 15.9. The summed E-state index contributed by atoms with van der Waals surface area (Å²) in [4.78, 5) is 4.46. The van der Waals surface area contributed by atoms with Gasteiger partial charge in [0.2, 0.25) is 5.89 Å². The standard InChI is InChI=1S/C16H27N3O3/c1-2-14-18-15(22-19-14)12-3-5-13(6-4-12)17-11-16(20)7-9-21-10-8-16/h12-13,17,20H,2-11H2,1H3. The van der Waals surface area contributed by atoms with Crippen LogP contribution in [0.1, 0.15) is 63.1 Å². The topological polar surface area (TPSA) is 80.4 Å². The summed E-state index contributed by atoms with van der Waals surface area (Å²) in [6, 6.07) is 0.483. The molecule has 0 aromatic carbocycles. The van der Waals surface area contributed by atoms with E-state index in [0.29, 0.717) is 31.7 Å². The summed E-state index contributed by atoms with van der Waals surface area (Å²) in [6.07, 6.45) is 6.63. The van der Waals surface area contributed by atoms with Crippen LogP contribution >= 0.6 is 0 Å². The maximum absolute atomic E-state index is 10.5. The van der Waals surface area contributed by atoms with Gasteiger partial charge >= 0.3 is 0 Å². The number of rotatable bonds is 5. The van der Waals surface area contributed by atoms with Crippen molar-refractivity contribution in [3.05, 3.63) is 11.7 Å². The Balaban J connectivity index is 1.43. The molecule has 6 nitrogen and oxygen atoms in total. The Hall–Kier alpha value is -0.980. The second-order valence-corrected chi connectivity index (χ2v) is 6.67. The third-order valence-electron chi connectivity index (χ3n) is 5.02. The monoisotopic (exact) mass is 309 g/mol. The highest BCUT2D eigenvalue weighted by molar-refractivity contribution is 4.97. The summed E-state index contributed by atoms with van der Waals surface area (Å²) >= 11 is 0. The van der Waals surface area contributed by atoms with E-state index in [1.165, 1.54) is 0 Å². The van der Waals surface area contributed by atoms with Crippen molar-refractivity contribution in [2.75, 3.05) is 19.8 Å². The van der Waals surface area contributed by atoms with Crippen molar-refractivity contribution in [2.24, 2.45) is 0 Å². The van der Waals surface area contributed by atoms with Crippen molar-refractivity contribution in [3.63, 3.8) is 0 Å². The lowest BCUT2D eigenvalue weighted by Gasteiger charge is -2.35. The Morgan fingerprint density at radius 2 is 1.95 bits per heavy atom. The average molecular weight is 309 g/mol. The highest BCUT2D eigenvalue weighted by Crippen LogP contribution is 2.32. The molecule has 1 aliphatic heterocycles. The Kier molecular flexibility index (Phi) is 5.10. The Morgan fingerprint density at radius 1 is 1.23 bits per heavy atom. The quantitative estimate of drug-likeness (QED) is 0.863. The smallest absolute Gasteiger partial charge is 0.229 e. The molecule has 1 aromatic rings. The number of nitrogens with one attached hydrogen (secondary N) is 1. The summed E-state index contributed by atoms with van der Waals surface area (Å²) in [5, 5.41) is 18.0. The van der Waals surface area contributed by atoms with Gasteiger partial charge in [0.15, 0.2) is 5.82 Å². The van der Waals surface area contributed by atoms with E-state index in [0.717, 1.165) is 56.7 Å². The Bertz CT molecular complexity index is 463. The molecule has 0 bridgehead atoms. The molecule has 0 amide bonds. The SMILES string of the molecule is CCc1noc(C2CCC(NCC3(O)CCOCC3)CC2)n1. The highest BCUT2D eigenvalue weighted by Gasteiger charge is 2.32. The lowest BCUT2D eigenvalue weighted by molar-refractivity contribution is -0.0632. The zero-order valence-electron chi connectivity index (χ0n) is 13.4. The van der Waals surface area contributed by atoms with E-state index in [9.17, 15) is 5.11 Å². The van der Waals surface area contributed by atoms with Crippen LogP contribution in [0.4, 0.5) is 0 Å². The molecular weight excluding hydrogens is 282 g/mol. The van der Waals surface area contributed by atoms with Crippen LogP contribution in [0.15, 0.2) is 4.52 Å². The highest BCUT2D eigenvalue weighted by atomic mass is 16.5. The number of aliphatic hydroxyl groups is 1. The molecule has 1 aliphatic carbocycles.